The van der Waals surface area contributed by atoms with E-state index in [1.54, 1.807) is 0 Å². The molecule has 7 heteroatoms. The molecular weight excluding hydrogens is 432 g/mol. The number of anilines is 2. The standard InChI is InChI=1S/C26H32N4O2S/c1-2-19-7-9-21(10-8-19)30-14-4-5-23(30)22-18-33-26(27-22)28-25(31)24-6-3-13-29(24)17-20-11-15-32-16-12-20/h3,6-10,13,18,20,23H,2,4-5,11-12,14-17H2,1H3,(H,27,28,31)/t23-/m1/s1. The molecule has 1 aromatic carbocycles. The number of aryl methyl sites for hydroxylation is 1. The number of ether oxygens (including phenoxy) is 1. The summed E-state index contributed by atoms with van der Waals surface area (Å²) >= 11 is 1.51. The third-order valence-corrected chi connectivity index (χ3v) is 7.65. The van der Waals surface area contributed by atoms with Gasteiger partial charge in [0, 0.05) is 43.6 Å². The second-order valence-electron chi connectivity index (χ2n) is 9.00. The van der Waals surface area contributed by atoms with Crippen molar-refractivity contribution in [3.63, 3.8) is 0 Å². The zero-order chi connectivity index (χ0) is 22.6. The van der Waals surface area contributed by atoms with Crippen LogP contribution in [-0.4, -0.2) is 35.2 Å². The zero-order valence-electron chi connectivity index (χ0n) is 19.2. The third kappa shape index (κ3) is 4.99. The van der Waals surface area contributed by atoms with E-state index in [9.17, 15) is 4.79 Å². The minimum absolute atomic E-state index is 0.0913. The molecular formula is C26H32N4O2S. The molecule has 1 atom stereocenters. The van der Waals surface area contributed by atoms with Crippen LogP contribution in [0.25, 0.3) is 0 Å². The van der Waals surface area contributed by atoms with Crippen LogP contribution in [0.2, 0.25) is 0 Å². The molecule has 1 amide bonds. The molecule has 2 aliphatic rings. The van der Waals surface area contributed by atoms with E-state index in [1.165, 1.54) is 22.6 Å². The number of aromatic nitrogens is 2. The summed E-state index contributed by atoms with van der Waals surface area (Å²) in [7, 11) is 0. The molecule has 0 spiro atoms. The number of benzene rings is 1. The number of amides is 1. The molecule has 5 rings (SSSR count). The van der Waals surface area contributed by atoms with Crippen molar-refractivity contribution in [3.8, 4) is 0 Å². The van der Waals surface area contributed by atoms with Crippen molar-refractivity contribution >= 4 is 28.1 Å². The van der Waals surface area contributed by atoms with Gasteiger partial charge in [0.05, 0.1) is 11.7 Å². The molecule has 4 heterocycles. The average Bonchev–Trinajstić information content (AvgIpc) is 3.60. The van der Waals surface area contributed by atoms with Gasteiger partial charge in [-0.05, 0) is 67.9 Å². The fraction of sp³-hybridized carbons (Fsp3) is 0.462. The highest BCUT2D eigenvalue weighted by Gasteiger charge is 2.28. The Bertz CT molecular complexity index is 1070. The summed E-state index contributed by atoms with van der Waals surface area (Å²) in [6.07, 6.45) is 7.39. The predicted molar refractivity (Wildman–Crippen MR) is 133 cm³/mol. The first-order valence-corrected chi connectivity index (χ1v) is 12.9. The minimum atomic E-state index is -0.0913. The summed E-state index contributed by atoms with van der Waals surface area (Å²) < 4.78 is 7.54. The lowest BCUT2D eigenvalue weighted by Crippen LogP contribution is -2.24. The molecule has 0 radical (unpaired) electrons. The van der Waals surface area contributed by atoms with Gasteiger partial charge in [-0.1, -0.05) is 19.1 Å². The molecule has 174 valence electrons. The number of nitrogens with zero attached hydrogens (tertiary/aromatic N) is 3. The number of hydrogen-bond acceptors (Lipinski definition) is 5. The van der Waals surface area contributed by atoms with Gasteiger partial charge in [0.1, 0.15) is 5.69 Å². The Kier molecular flexibility index (Phi) is 6.78. The summed E-state index contributed by atoms with van der Waals surface area (Å²) in [5, 5.41) is 5.81. The Morgan fingerprint density at radius 3 is 2.79 bits per heavy atom. The lowest BCUT2D eigenvalue weighted by molar-refractivity contribution is 0.0610. The van der Waals surface area contributed by atoms with E-state index in [4.69, 9.17) is 9.72 Å². The van der Waals surface area contributed by atoms with Gasteiger partial charge in [-0.2, -0.15) is 0 Å². The van der Waals surface area contributed by atoms with E-state index in [-0.39, 0.29) is 11.9 Å². The number of nitrogens with one attached hydrogen (secondary N) is 1. The Morgan fingerprint density at radius 2 is 2.00 bits per heavy atom. The third-order valence-electron chi connectivity index (χ3n) is 6.87. The van der Waals surface area contributed by atoms with E-state index >= 15 is 0 Å². The van der Waals surface area contributed by atoms with E-state index in [0.717, 1.165) is 64.1 Å². The molecule has 2 fully saturated rings. The second-order valence-corrected chi connectivity index (χ2v) is 9.86. The van der Waals surface area contributed by atoms with E-state index in [0.29, 0.717) is 16.7 Å². The van der Waals surface area contributed by atoms with E-state index in [2.05, 4.69) is 51.4 Å². The highest BCUT2D eigenvalue weighted by molar-refractivity contribution is 7.14. The Labute approximate surface area is 199 Å². The fourth-order valence-corrected chi connectivity index (χ4v) is 5.70. The summed E-state index contributed by atoms with van der Waals surface area (Å²) in [5.41, 5.74) is 4.34. The van der Waals surface area contributed by atoms with Gasteiger partial charge in [-0.25, -0.2) is 4.98 Å². The molecule has 0 saturated carbocycles. The Balaban J connectivity index is 1.25. The van der Waals surface area contributed by atoms with Crippen LogP contribution < -0.4 is 10.2 Å². The quantitative estimate of drug-likeness (QED) is 0.500. The van der Waals surface area contributed by atoms with Crippen molar-refractivity contribution in [3.05, 3.63) is 64.9 Å². The van der Waals surface area contributed by atoms with Gasteiger partial charge >= 0.3 is 0 Å². The SMILES string of the molecule is CCc1ccc(N2CCC[C@@H]2c2csc(NC(=O)c3cccn3CC3CCOCC3)n2)cc1. The number of carbonyl (C=O) groups excluding carboxylic acids is 1. The van der Waals surface area contributed by atoms with Gasteiger partial charge in [0.15, 0.2) is 5.13 Å². The van der Waals surface area contributed by atoms with Gasteiger partial charge in [-0.15, -0.1) is 11.3 Å². The first-order valence-electron chi connectivity index (χ1n) is 12.1. The first-order chi connectivity index (χ1) is 16.2. The molecule has 33 heavy (non-hydrogen) atoms. The molecule has 3 aromatic rings. The summed E-state index contributed by atoms with van der Waals surface area (Å²) in [5.74, 6) is 0.468. The maximum Gasteiger partial charge on any atom is 0.274 e. The highest BCUT2D eigenvalue weighted by Crippen LogP contribution is 2.37. The maximum atomic E-state index is 13.0. The van der Waals surface area contributed by atoms with Crippen LogP contribution >= 0.6 is 11.3 Å². The number of hydrogen-bond donors (Lipinski definition) is 1. The smallest absolute Gasteiger partial charge is 0.274 e. The zero-order valence-corrected chi connectivity index (χ0v) is 20.0. The van der Waals surface area contributed by atoms with Crippen molar-refractivity contribution < 1.29 is 9.53 Å². The van der Waals surface area contributed by atoms with Gasteiger partial charge in [0.25, 0.3) is 5.91 Å². The molecule has 0 unspecified atom stereocenters. The van der Waals surface area contributed by atoms with Crippen LogP contribution in [-0.2, 0) is 17.7 Å². The number of thiazole rings is 1. The van der Waals surface area contributed by atoms with Crippen LogP contribution in [0.4, 0.5) is 10.8 Å². The topological polar surface area (TPSA) is 59.4 Å². The van der Waals surface area contributed by atoms with Crippen LogP contribution in [0.5, 0.6) is 0 Å². The Hall–Kier alpha value is -2.64. The van der Waals surface area contributed by atoms with Crippen molar-refractivity contribution in [1.82, 2.24) is 9.55 Å². The molecule has 0 bridgehead atoms. The van der Waals surface area contributed by atoms with Gasteiger partial charge in [0.2, 0.25) is 0 Å². The lowest BCUT2D eigenvalue weighted by Gasteiger charge is -2.25. The minimum Gasteiger partial charge on any atom is -0.381 e. The summed E-state index contributed by atoms with van der Waals surface area (Å²) in [6.45, 7) is 5.71. The average molecular weight is 465 g/mol. The molecule has 0 aliphatic carbocycles. The van der Waals surface area contributed by atoms with Crippen LogP contribution in [0.3, 0.4) is 0 Å². The number of rotatable bonds is 7. The predicted octanol–water partition coefficient (Wildman–Crippen LogP) is 5.53. The van der Waals surface area contributed by atoms with Gasteiger partial charge < -0.3 is 14.2 Å². The highest BCUT2D eigenvalue weighted by atomic mass is 32.1. The van der Waals surface area contributed by atoms with Gasteiger partial charge in [-0.3, -0.25) is 10.1 Å². The molecule has 2 saturated heterocycles. The monoisotopic (exact) mass is 464 g/mol. The lowest BCUT2D eigenvalue weighted by atomic mass is 10.0. The number of carbonyl (C=O) groups is 1. The normalized spacial score (nSPS) is 19.2. The van der Waals surface area contributed by atoms with Crippen LogP contribution in [0.1, 0.15) is 60.4 Å². The van der Waals surface area contributed by atoms with Crippen molar-refractivity contribution in [2.75, 3.05) is 30.0 Å². The first kappa shape index (κ1) is 22.2. The van der Waals surface area contributed by atoms with E-state index in [1.807, 2.05) is 18.3 Å². The van der Waals surface area contributed by atoms with Crippen molar-refractivity contribution in [1.29, 1.82) is 0 Å². The largest absolute Gasteiger partial charge is 0.381 e. The second kappa shape index (κ2) is 10.1. The van der Waals surface area contributed by atoms with Crippen LogP contribution in [0.15, 0.2) is 48.0 Å². The summed E-state index contributed by atoms with van der Waals surface area (Å²) in [4.78, 5) is 20.3. The molecule has 2 aliphatic heterocycles. The molecule has 6 nitrogen and oxygen atoms in total. The van der Waals surface area contributed by atoms with Crippen molar-refractivity contribution in [2.45, 2.75) is 51.6 Å². The van der Waals surface area contributed by atoms with E-state index < -0.39 is 0 Å². The van der Waals surface area contributed by atoms with Crippen molar-refractivity contribution in [2.24, 2.45) is 5.92 Å². The molecule has 1 N–H and O–H groups in total. The summed E-state index contributed by atoms with van der Waals surface area (Å²) in [6, 6.07) is 13.0. The Morgan fingerprint density at radius 1 is 1.18 bits per heavy atom. The molecule has 2 aromatic heterocycles. The fourth-order valence-electron chi connectivity index (χ4n) is 4.95. The van der Waals surface area contributed by atoms with Crippen LogP contribution in [0, 0.1) is 5.92 Å². The maximum absolute atomic E-state index is 13.0.